The van der Waals surface area contributed by atoms with E-state index in [4.69, 9.17) is 15.2 Å². The lowest BCUT2D eigenvalue weighted by Crippen LogP contribution is -2.40. The number of hydrogen-bond donors (Lipinski definition) is 2. The number of unbranched alkanes of at least 4 members (excludes halogenated alkanes) is 1. The van der Waals surface area contributed by atoms with Gasteiger partial charge in [-0.15, -0.1) is 0 Å². The number of carboxylic acid groups (broad SMARTS) is 1. The molecule has 0 unspecified atom stereocenters. The first-order valence-corrected chi connectivity index (χ1v) is 9.21. The highest BCUT2D eigenvalue weighted by Crippen LogP contribution is 2.28. The number of aromatic nitrogens is 4. The van der Waals surface area contributed by atoms with Gasteiger partial charge in [-0.1, -0.05) is 13.3 Å². The van der Waals surface area contributed by atoms with Crippen molar-refractivity contribution in [2.75, 3.05) is 32.5 Å². The van der Waals surface area contributed by atoms with Crippen molar-refractivity contribution in [1.29, 1.82) is 0 Å². The van der Waals surface area contributed by atoms with Gasteiger partial charge in [0.2, 0.25) is 0 Å². The van der Waals surface area contributed by atoms with Crippen molar-refractivity contribution in [2.24, 2.45) is 5.92 Å². The van der Waals surface area contributed by atoms with E-state index < -0.39 is 6.09 Å². The number of imidazole rings is 1. The maximum Gasteiger partial charge on any atom is 0.407 e. The zero-order valence-corrected chi connectivity index (χ0v) is 15.7. The summed E-state index contributed by atoms with van der Waals surface area (Å²) in [5.41, 5.74) is 7.04. The fourth-order valence-corrected chi connectivity index (χ4v) is 3.32. The summed E-state index contributed by atoms with van der Waals surface area (Å²) in [6, 6.07) is 0.595. The van der Waals surface area contributed by atoms with E-state index in [1.165, 1.54) is 12.0 Å². The molecule has 1 aliphatic rings. The van der Waals surface area contributed by atoms with E-state index in [1.54, 1.807) is 0 Å². The van der Waals surface area contributed by atoms with Gasteiger partial charge in [0, 0.05) is 19.6 Å². The zero-order chi connectivity index (χ0) is 19.4. The van der Waals surface area contributed by atoms with Crippen molar-refractivity contribution in [2.45, 2.75) is 39.2 Å². The van der Waals surface area contributed by atoms with Crippen molar-refractivity contribution < 1.29 is 19.4 Å². The third-order valence-electron chi connectivity index (χ3n) is 4.71. The molecule has 2 aromatic heterocycles. The number of hydrogen-bond acceptors (Lipinski definition) is 7. The average Bonchev–Trinajstić information content (AvgIpc) is 3.00. The van der Waals surface area contributed by atoms with Gasteiger partial charge in [0.15, 0.2) is 17.0 Å². The van der Waals surface area contributed by atoms with Crippen molar-refractivity contribution >= 4 is 23.1 Å². The molecule has 1 amide bonds. The van der Waals surface area contributed by atoms with Crippen LogP contribution in [0.2, 0.25) is 0 Å². The lowest BCUT2D eigenvalue weighted by atomic mass is 9.98. The minimum Gasteiger partial charge on any atom is -0.468 e. The van der Waals surface area contributed by atoms with E-state index in [9.17, 15) is 9.90 Å². The number of ether oxygens (including phenoxy) is 2. The van der Waals surface area contributed by atoms with Gasteiger partial charge in [-0.3, -0.25) is 4.57 Å². The molecule has 0 bridgehead atoms. The molecule has 0 radical (unpaired) electrons. The number of anilines is 1. The maximum atomic E-state index is 11.3. The smallest absolute Gasteiger partial charge is 0.407 e. The molecular weight excluding hydrogens is 352 g/mol. The van der Waals surface area contributed by atoms with E-state index in [1.807, 2.05) is 4.57 Å². The molecule has 27 heavy (non-hydrogen) atoms. The summed E-state index contributed by atoms with van der Waals surface area (Å²) < 4.78 is 12.8. The standard InChI is InChI=1S/C17H26N6O4/c1-3-4-8-27-15-20-13(18)12-14(21-15)23(16(19-12)26-2)10-11-6-5-7-22(9-11)17(24)25/h11H,3-10H2,1-2H3,(H,24,25)(H2,18,20,21)/t11-/m1/s1. The van der Waals surface area contributed by atoms with Crippen molar-refractivity contribution in [1.82, 2.24) is 24.4 Å². The van der Waals surface area contributed by atoms with Crippen LogP contribution < -0.4 is 15.2 Å². The number of nitrogens with two attached hydrogens (primary N) is 1. The first-order valence-electron chi connectivity index (χ1n) is 9.21. The summed E-state index contributed by atoms with van der Waals surface area (Å²) >= 11 is 0. The molecule has 1 saturated heterocycles. The van der Waals surface area contributed by atoms with Crippen molar-refractivity contribution in [3.63, 3.8) is 0 Å². The third-order valence-corrected chi connectivity index (χ3v) is 4.71. The van der Waals surface area contributed by atoms with Gasteiger partial charge in [-0.2, -0.15) is 15.0 Å². The molecule has 10 nitrogen and oxygen atoms in total. The lowest BCUT2D eigenvalue weighted by molar-refractivity contribution is 0.116. The van der Waals surface area contributed by atoms with E-state index in [-0.39, 0.29) is 17.7 Å². The first-order chi connectivity index (χ1) is 13.0. The summed E-state index contributed by atoms with van der Waals surface area (Å²) in [6.07, 6.45) is 2.77. The van der Waals surface area contributed by atoms with Crippen LogP contribution in [0.5, 0.6) is 12.0 Å². The van der Waals surface area contributed by atoms with Gasteiger partial charge in [0.05, 0.1) is 13.7 Å². The Hall–Kier alpha value is -2.78. The zero-order valence-electron chi connectivity index (χ0n) is 15.7. The van der Waals surface area contributed by atoms with Crippen LogP contribution in [-0.4, -0.2) is 62.4 Å². The monoisotopic (exact) mass is 378 g/mol. The van der Waals surface area contributed by atoms with E-state index in [0.29, 0.717) is 43.4 Å². The fourth-order valence-electron chi connectivity index (χ4n) is 3.32. The number of nitrogen functional groups attached to an aromatic ring is 1. The first kappa shape index (κ1) is 19.0. The number of methoxy groups -OCH3 is 1. The summed E-state index contributed by atoms with van der Waals surface area (Å²) in [5.74, 6) is 0.376. The average molecular weight is 378 g/mol. The third kappa shape index (κ3) is 4.15. The van der Waals surface area contributed by atoms with E-state index in [0.717, 1.165) is 25.7 Å². The fraction of sp³-hybridized carbons (Fsp3) is 0.647. The van der Waals surface area contributed by atoms with Crippen LogP contribution in [0, 0.1) is 5.92 Å². The molecule has 148 valence electrons. The van der Waals surface area contributed by atoms with Gasteiger partial charge in [-0.25, -0.2) is 4.79 Å². The summed E-state index contributed by atoms with van der Waals surface area (Å²) in [7, 11) is 1.53. The van der Waals surface area contributed by atoms with Gasteiger partial charge < -0.3 is 25.2 Å². The Morgan fingerprint density at radius 3 is 2.89 bits per heavy atom. The minimum atomic E-state index is -0.889. The molecule has 1 fully saturated rings. The predicted molar refractivity (Wildman–Crippen MR) is 99.0 cm³/mol. The van der Waals surface area contributed by atoms with Crippen LogP contribution in [0.3, 0.4) is 0 Å². The Kier molecular flexibility index (Phi) is 5.82. The van der Waals surface area contributed by atoms with Crippen LogP contribution in [0.25, 0.3) is 11.2 Å². The normalized spacial score (nSPS) is 17.3. The summed E-state index contributed by atoms with van der Waals surface area (Å²) in [4.78, 5) is 25.8. The van der Waals surface area contributed by atoms with Crippen LogP contribution in [0.15, 0.2) is 0 Å². The van der Waals surface area contributed by atoms with Crippen molar-refractivity contribution in [3.8, 4) is 12.0 Å². The molecule has 3 rings (SSSR count). The number of fused-ring (bicyclic) bond motifs is 1. The van der Waals surface area contributed by atoms with Crippen molar-refractivity contribution in [3.05, 3.63) is 0 Å². The molecule has 10 heteroatoms. The minimum absolute atomic E-state index is 0.141. The topological polar surface area (TPSA) is 129 Å². The highest BCUT2D eigenvalue weighted by atomic mass is 16.5. The molecule has 1 aliphatic heterocycles. The second kappa shape index (κ2) is 8.28. The highest BCUT2D eigenvalue weighted by molar-refractivity contribution is 5.83. The van der Waals surface area contributed by atoms with Crippen LogP contribution in [0.1, 0.15) is 32.6 Å². The number of rotatable bonds is 7. The Balaban J connectivity index is 1.89. The van der Waals surface area contributed by atoms with Crippen LogP contribution >= 0.6 is 0 Å². The van der Waals surface area contributed by atoms with E-state index >= 15 is 0 Å². The quantitative estimate of drug-likeness (QED) is 0.700. The molecule has 0 aliphatic carbocycles. The highest BCUT2D eigenvalue weighted by Gasteiger charge is 2.26. The second-order valence-corrected chi connectivity index (χ2v) is 6.71. The molecule has 0 spiro atoms. The Morgan fingerprint density at radius 2 is 2.19 bits per heavy atom. The number of piperidine rings is 1. The summed E-state index contributed by atoms with van der Waals surface area (Å²) in [5, 5.41) is 9.26. The largest absolute Gasteiger partial charge is 0.468 e. The maximum absolute atomic E-state index is 11.3. The Labute approximate surface area is 157 Å². The second-order valence-electron chi connectivity index (χ2n) is 6.71. The molecule has 3 heterocycles. The van der Waals surface area contributed by atoms with E-state index in [2.05, 4.69) is 21.9 Å². The van der Waals surface area contributed by atoms with Crippen LogP contribution in [-0.2, 0) is 6.54 Å². The molecule has 0 aromatic carbocycles. The SMILES string of the molecule is CCCCOc1nc(N)c2nc(OC)n(C[C@@H]3CCCN(C(=O)O)C3)c2n1. The summed E-state index contributed by atoms with van der Waals surface area (Å²) in [6.45, 7) is 4.17. The van der Waals surface area contributed by atoms with Gasteiger partial charge >= 0.3 is 12.1 Å². The number of amides is 1. The van der Waals surface area contributed by atoms with Gasteiger partial charge in [0.1, 0.15) is 0 Å². The molecule has 1 atom stereocenters. The molecule has 2 aromatic rings. The molecule has 0 saturated carbocycles. The molecule has 3 N–H and O–H groups in total. The lowest BCUT2D eigenvalue weighted by Gasteiger charge is -2.31. The Bertz CT molecular complexity index is 808. The number of carbonyl (C=O) groups is 1. The predicted octanol–water partition coefficient (Wildman–Crippen LogP) is 1.99. The molecular formula is C17H26N6O4. The van der Waals surface area contributed by atoms with Crippen LogP contribution in [0.4, 0.5) is 10.6 Å². The van der Waals surface area contributed by atoms with Gasteiger partial charge in [-0.05, 0) is 25.2 Å². The van der Waals surface area contributed by atoms with Gasteiger partial charge in [0.25, 0.3) is 6.01 Å². The Morgan fingerprint density at radius 1 is 1.37 bits per heavy atom. The number of nitrogens with zero attached hydrogens (tertiary/aromatic N) is 5. The number of likely N-dealkylation sites (tertiary alicyclic amines) is 1.